The number of rotatable bonds is 3. The first kappa shape index (κ1) is 14.6. The molecule has 5 nitrogen and oxygen atoms in total. The number of aromatic amines is 1. The molecule has 0 spiro atoms. The Bertz CT molecular complexity index is 1000. The number of benzene rings is 1. The summed E-state index contributed by atoms with van der Waals surface area (Å²) >= 11 is 1.41. The highest BCUT2D eigenvalue weighted by Crippen LogP contribution is 2.31. The molecule has 0 aliphatic heterocycles. The van der Waals surface area contributed by atoms with E-state index in [-0.39, 0.29) is 5.97 Å². The van der Waals surface area contributed by atoms with Gasteiger partial charge in [0.25, 0.3) is 0 Å². The molecular formula is C18H13N3O2S. The van der Waals surface area contributed by atoms with Gasteiger partial charge < -0.3 is 9.72 Å². The third-order valence-corrected chi connectivity index (χ3v) is 4.81. The second kappa shape index (κ2) is 5.90. The van der Waals surface area contributed by atoms with Gasteiger partial charge in [0.05, 0.1) is 24.3 Å². The highest BCUT2D eigenvalue weighted by Gasteiger charge is 2.11. The fraction of sp³-hybridized carbons (Fsp3) is 0.0556. The quantitative estimate of drug-likeness (QED) is 0.571. The van der Waals surface area contributed by atoms with E-state index >= 15 is 0 Å². The minimum absolute atomic E-state index is 0.313. The van der Waals surface area contributed by atoms with Gasteiger partial charge in [0.15, 0.2) is 0 Å². The van der Waals surface area contributed by atoms with Gasteiger partial charge in [-0.25, -0.2) is 9.78 Å². The molecule has 3 aromatic heterocycles. The number of hydrogen-bond donors (Lipinski definition) is 1. The molecule has 0 radical (unpaired) electrons. The second-order valence-corrected chi connectivity index (χ2v) is 6.30. The standard InChI is InChI=1S/C18H13N3O2S/c1-23-18(22)16-6-5-15(24-16)11-3-2-4-12(9-11)17-20-13-7-8-19-10-14(13)21-17/h2-10H,1H3,(H,20,21). The Morgan fingerprint density at radius 3 is 2.88 bits per heavy atom. The summed E-state index contributed by atoms with van der Waals surface area (Å²) in [6.07, 6.45) is 3.49. The Morgan fingerprint density at radius 2 is 2.04 bits per heavy atom. The molecule has 118 valence electrons. The largest absolute Gasteiger partial charge is 0.465 e. The number of nitrogens with one attached hydrogen (secondary N) is 1. The molecule has 0 saturated carbocycles. The zero-order valence-corrected chi connectivity index (χ0v) is 13.6. The first-order valence-electron chi connectivity index (χ1n) is 7.33. The molecule has 1 aromatic carbocycles. The molecule has 0 aliphatic rings. The third kappa shape index (κ3) is 2.57. The molecule has 0 bridgehead atoms. The maximum atomic E-state index is 11.6. The predicted octanol–water partition coefficient (Wildman–Crippen LogP) is 4.14. The number of fused-ring (bicyclic) bond motifs is 1. The molecule has 4 rings (SSSR count). The van der Waals surface area contributed by atoms with Crippen LogP contribution in [0.4, 0.5) is 0 Å². The lowest BCUT2D eigenvalue weighted by Crippen LogP contribution is -1.96. The van der Waals surface area contributed by atoms with Gasteiger partial charge in [-0.3, -0.25) is 4.98 Å². The van der Waals surface area contributed by atoms with Crippen LogP contribution in [0.15, 0.2) is 54.9 Å². The van der Waals surface area contributed by atoms with E-state index in [4.69, 9.17) is 4.74 Å². The average molecular weight is 335 g/mol. The second-order valence-electron chi connectivity index (χ2n) is 5.21. The summed E-state index contributed by atoms with van der Waals surface area (Å²) in [6, 6.07) is 13.6. The third-order valence-electron chi connectivity index (χ3n) is 3.70. The smallest absolute Gasteiger partial charge is 0.348 e. The number of ether oxygens (including phenoxy) is 1. The fourth-order valence-electron chi connectivity index (χ4n) is 2.52. The summed E-state index contributed by atoms with van der Waals surface area (Å²) in [5.74, 6) is 0.483. The fourth-order valence-corrected chi connectivity index (χ4v) is 3.44. The summed E-state index contributed by atoms with van der Waals surface area (Å²) in [6.45, 7) is 0. The van der Waals surface area contributed by atoms with Crippen LogP contribution in [0.3, 0.4) is 0 Å². The van der Waals surface area contributed by atoms with Crippen LogP contribution in [0.5, 0.6) is 0 Å². The average Bonchev–Trinajstić information content (AvgIpc) is 3.28. The summed E-state index contributed by atoms with van der Waals surface area (Å²) in [5.41, 5.74) is 3.81. The molecule has 0 saturated heterocycles. The Morgan fingerprint density at radius 1 is 1.17 bits per heavy atom. The number of hydrogen-bond acceptors (Lipinski definition) is 5. The van der Waals surface area contributed by atoms with Crippen molar-refractivity contribution in [1.82, 2.24) is 15.0 Å². The molecule has 1 N–H and O–H groups in total. The van der Waals surface area contributed by atoms with Crippen molar-refractivity contribution in [3.05, 3.63) is 59.7 Å². The molecule has 0 aliphatic carbocycles. The van der Waals surface area contributed by atoms with E-state index < -0.39 is 0 Å². The van der Waals surface area contributed by atoms with Gasteiger partial charge >= 0.3 is 5.97 Å². The van der Waals surface area contributed by atoms with Crippen LogP contribution >= 0.6 is 11.3 Å². The molecular weight excluding hydrogens is 322 g/mol. The van der Waals surface area contributed by atoms with E-state index in [0.717, 1.165) is 32.9 Å². The molecule has 24 heavy (non-hydrogen) atoms. The number of pyridine rings is 1. The highest BCUT2D eigenvalue weighted by molar-refractivity contribution is 7.17. The number of nitrogens with zero attached hydrogens (tertiary/aromatic N) is 2. The zero-order valence-electron chi connectivity index (χ0n) is 12.8. The number of methoxy groups -OCH3 is 1. The van der Waals surface area contributed by atoms with Crippen LogP contribution in [-0.2, 0) is 4.74 Å². The molecule has 0 fully saturated rings. The predicted molar refractivity (Wildman–Crippen MR) is 94.0 cm³/mol. The topological polar surface area (TPSA) is 67.9 Å². The van der Waals surface area contributed by atoms with Crippen molar-refractivity contribution in [2.24, 2.45) is 0 Å². The first-order valence-corrected chi connectivity index (χ1v) is 8.15. The van der Waals surface area contributed by atoms with Crippen molar-refractivity contribution in [3.63, 3.8) is 0 Å². The van der Waals surface area contributed by atoms with Gasteiger partial charge in [-0.1, -0.05) is 18.2 Å². The van der Waals surface area contributed by atoms with Crippen molar-refractivity contribution in [2.75, 3.05) is 7.11 Å². The molecule has 6 heteroatoms. The van der Waals surface area contributed by atoms with Crippen LogP contribution in [0.1, 0.15) is 9.67 Å². The summed E-state index contributed by atoms with van der Waals surface area (Å²) in [7, 11) is 1.39. The lowest BCUT2D eigenvalue weighted by Gasteiger charge is -2.01. The van der Waals surface area contributed by atoms with E-state index in [1.54, 1.807) is 18.5 Å². The van der Waals surface area contributed by atoms with Gasteiger partial charge in [0.1, 0.15) is 10.7 Å². The Labute approximate surface area is 142 Å². The lowest BCUT2D eigenvalue weighted by atomic mass is 10.1. The summed E-state index contributed by atoms with van der Waals surface area (Å²) in [5, 5.41) is 0. The van der Waals surface area contributed by atoms with Crippen LogP contribution in [0.25, 0.3) is 32.9 Å². The molecule has 3 heterocycles. The van der Waals surface area contributed by atoms with Crippen molar-refractivity contribution in [1.29, 1.82) is 0 Å². The van der Waals surface area contributed by atoms with Gasteiger partial charge in [0.2, 0.25) is 0 Å². The van der Waals surface area contributed by atoms with Gasteiger partial charge in [0, 0.05) is 16.6 Å². The number of thiophene rings is 1. The number of esters is 1. The van der Waals surface area contributed by atoms with Crippen molar-refractivity contribution in [2.45, 2.75) is 0 Å². The zero-order chi connectivity index (χ0) is 16.5. The summed E-state index contributed by atoms with van der Waals surface area (Å²) in [4.78, 5) is 25.2. The molecule has 4 aromatic rings. The van der Waals surface area contributed by atoms with Crippen LogP contribution in [-0.4, -0.2) is 28.0 Å². The van der Waals surface area contributed by atoms with E-state index in [1.165, 1.54) is 18.4 Å². The monoisotopic (exact) mass is 335 g/mol. The summed E-state index contributed by atoms with van der Waals surface area (Å²) < 4.78 is 4.76. The molecule has 0 atom stereocenters. The maximum Gasteiger partial charge on any atom is 0.348 e. The van der Waals surface area contributed by atoms with E-state index in [0.29, 0.717) is 4.88 Å². The van der Waals surface area contributed by atoms with E-state index in [9.17, 15) is 4.79 Å². The number of H-pyrrole nitrogens is 1. The van der Waals surface area contributed by atoms with Gasteiger partial charge in [-0.15, -0.1) is 11.3 Å². The number of imidazole rings is 1. The lowest BCUT2D eigenvalue weighted by molar-refractivity contribution is 0.0606. The van der Waals surface area contributed by atoms with E-state index in [2.05, 4.69) is 21.0 Å². The number of carbonyl (C=O) groups excluding carboxylic acids is 1. The van der Waals surface area contributed by atoms with Crippen molar-refractivity contribution < 1.29 is 9.53 Å². The Hall–Kier alpha value is -2.99. The molecule has 0 amide bonds. The van der Waals surface area contributed by atoms with E-state index in [1.807, 2.05) is 30.3 Å². The SMILES string of the molecule is COC(=O)c1ccc(-c2cccc(-c3nc4ccncc4[nH]3)c2)s1. The van der Waals surface area contributed by atoms with Crippen LogP contribution in [0, 0.1) is 0 Å². The van der Waals surface area contributed by atoms with Gasteiger partial charge in [-0.05, 0) is 29.8 Å². The minimum atomic E-state index is -0.313. The molecule has 0 unspecified atom stereocenters. The van der Waals surface area contributed by atoms with Crippen molar-refractivity contribution >= 4 is 28.3 Å². The normalized spacial score (nSPS) is 10.9. The Kier molecular flexibility index (Phi) is 3.59. The van der Waals surface area contributed by atoms with Crippen LogP contribution in [0.2, 0.25) is 0 Å². The van der Waals surface area contributed by atoms with Crippen LogP contribution < -0.4 is 0 Å². The number of aromatic nitrogens is 3. The minimum Gasteiger partial charge on any atom is -0.465 e. The highest BCUT2D eigenvalue weighted by atomic mass is 32.1. The maximum absolute atomic E-state index is 11.6. The first-order chi connectivity index (χ1) is 11.7. The van der Waals surface area contributed by atoms with Crippen molar-refractivity contribution in [3.8, 4) is 21.8 Å². The Balaban J connectivity index is 1.73. The number of carbonyl (C=O) groups is 1. The van der Waals surface area contributed by atoms with Gasteiger partial charge in [-0.2, -0.15) is 0 Å².